The first kappa shape index (κ1) is 10.4. The Hall–Kier alpha value is -1.08. The van der Waals surface area contributed by atoms with Crippen molar-refractivity contribution in [1.82, 2.24) is 4.98 Å². The maximum absolute atomic E-state index is 6.19. The number of aryl methyl sites for hydroxylation is 2. The smallest absolute Gasteiger partial charge is 0.0720 e. The van der Waals surface area contributed by atoms with Crippen LogP contribution >= 0.6 is 11.6 Å². The summed E-state index contributed by atoms with van der Waals surface area (Å²) < 4.78 is 0. The molecule has 1 aromatic carbocycles. The molecule has 0 amide bonds. The minimum atomic E-state index is 0.801. The second-order valence-electron chi connectivity index (χ2n) is 3.85. The molecular formula is C13H14ClN. The Morgan fingerprint density at radius 3 is 2.80 bits per heavy atom. The Kier molecular flexibility index (Phi) is 2.92. The first-order valence-corrected chi connectivity index (χ1v) is 5.64. The zero-order valence-electron chi connectivity index (χ0n) is 9.05. The highest BCUT2D eigenvalue weighted by Gasteiger charge is 2.02. The van der Waals surface area contributed by atoms with E-state index in [1.54, 1.807) is 0 Å². The van der Waals surface area contributed by atoms with Gasteiger partial charge in [-0.2, -0.15) is 0 Å². The number of rotatable bonds is 2. The van der Waals surface area contributed by atoms with Gasteiger partial charge in [0.05, 0.1) is 10.5 Å². The lowest BCUT2D eigenvalue weighted by molar-refractivity contribution is 0.923. The van der Waals surface area contributed by atoms with Gasteiger partial charge in [-0.25, -0.2) is 0 Å². The molecule has 0 spiro atoms. The molecule has 0 bridgehead atoms. The molecule has 0 unspecified atom stereocenters. The van der Waals surface area contributed by atoms with E-state index in [1.807, 2.05) is 13.0 Å². The first-order chi connectivity index (χ1) is 7.20. The van der Waals surface area contributed by atoms with Crippen LogP contribution in [0.25, 0.3) is 10.9 Å². The fraction of sp³-hybridized carbons (Fsp3) is 0.308. The summed E-state index contributed by atoms with van der Waals surface area (Å²) in [6.45, 7) is 4.14. The van der Waals surface area contributed by atoms with Crippen LogP contribution in [0.1, 0.15) is 24.6 Å². The highest BCUT2D eigenvalue weighted by Crippen LogP contribution is 2.24. The van der Waals surface area contributed by atoms with E-state index in [2.05, 4.69) is 30.1 Å². The Morgan fingerprint density at radius 2 is 2.07 bits per heavy atom. The van der Waals surface area contributed by atoms with Gasteiger partial charge in [-0.15, -0.1) is 0 Å². The summed E-state index contributed by atoms with van der Waals surface area (Å²) in [5, 5.41) is 1.86. The monoisotopic (exact) mass is 219 g/mol. The summed E-state index contributed by atoms with van der Waals surface area (Å²) in [5.74, 6) is 0. The molecule has 0 aliphatic carbocycles. The predicted molar refractivity (Wildman–Crippen MR) is 65.5 cm³/mol. The highest BCUT2D eigenvalue weighted by molar-refractivity contribution is 6.35. The second-order valence-corrected chi connectivity index (χ2v) is 4.25. The molecule has 0 saturated carbocycles. The number of pyridine rings is 1. The van der Waals surface area contributed by atoms with Crippen LogP contribution in [0.2, 0.25) is 5.02 Å². The average Bonchev–Trinajstić information content (AvgIpc) is 2.19. The summed E-state index contributed by atoms with van der Waals surface area (Å²) in [5.41, 5.74) is 3.29. The Bertz CT molecular complexity index is 491. The van der Waals surface area contributed by atoms with Gasteiger partial charge >= 0.3 is 0 Å². The lowest BCUT2D eigenvalue weighted by Gasteiger charge is -2.04. The first-order valence-electron chi connectivity index (χ1n) is 5.26. The molecule has 2 rings (SSSR count). The maximum atomic E-state index is 6.19. The molecule has 0 fully saturated rings. The Labute approximate surface area is 95.1 Å². The number of nitrogens with zero attached hydrogens (tertiary/aromatic N) is 1. The van der Waals surface area contributed by atoms with Gasteiger partial charge in [0.1, 0.15) is 0 Å². The maximum Gasteiger partial charge on any atom is 0.0720 e. The number of fused-ring (bicyclic) bond motifs is 1. The van der Waals surface area contributed by atoms with Crippen LogP contribution in [0.4, 0.5) is 0 Å². The third kappa shape index (κ3) is 2.13. The van der Waals surface area contributed by atoms with Crippen molar-refractivity contribution in [2.45, 2.75) is 26.7 Å². The zero-order chi connectivity index (χ0) is 10.8. The van der Waals surface area contributed by atoms with Crippen LogP contribution in [0.5, 0.6) is 0 Å². The molecule has 1 heterocycles. The van der Waals surface area contributed by atoms with E-state index in [0.717, 1.165) is 34.5 Å². The number of halogens is 1. The van der Waals surface area contributed by atoms with Crippen molar-refractivity contribution in [3.63, 3.8) is 0 Å². The molecule has 0 atom stereocenters. The van der Waals surface area contributed by atoms with E-state index < -0.39 is 0 Å². The normalized spacial score (nSPS) is 10.9. The van der Waals surface area contributed by atoms with Crippen LogP contribution in [-0.4, -0.2) is 4.98 Å². The second kappa shape index (κ2) is 4.19. The van der Waals surface area contributed by atoms with Crippen molar-refractivity contribution < 1.29 is 0 Å². The summed E-state index contributed by atoms with van der Waals surface area (Å²) >= 11 is 6.19. The lowest BCUT2D eigenvalue weighted by Crippen LogP contribution is -1.88. The van der Waals surface area contributed by atoms with E-state index >= 15 is 0 Å². The van der Waals surface area contributed by atoms with Crippen molar-refractivity contribution in [3.8, 4) is 0 Å². The Morgan fingerprint density at radius 1 is 1.27 bits per heavy atom. The quantitative estimate of drug-likeness (QED) is 0.740. The van der Waals surface area contributed by atoms with Crippen molar-refractivity contribution >= 4 is 22.5 Å². The predicted octanol–water partition coefficient (Wildman–Crippen LogP) is 4.15. The minimum absolute atomic E-state index is 0.801. The van der Waals surface area contributed by atoms with E-state index in [-0.39, 0.29) is 0 Å². The van der Waals surface area contributed by atoms with Crippen LogP contribution in [0, 0.1) is 6.92 Å². The van der Waals surface area contributed by atoms with Crippen molar-refractivity contribution in [2.24, 2.45) is 0 Å². The number of hydrogen-bond donors (Lipinski definition) is 0. The summed E-state index contributed by atoms with van der Waals surface area (Å²) in [6, 6.07) is 8.25. The van der Waals surface area contributed by atoms with Crippen molar-refractivity contribution in [2.75, 3.05) is 0 Å². The molecule has 0 aliphatic heterocycles. The van der Waals surface area contributed by atoms with E-state index in [1.165, 1.54) is 5.56 Å². The molecule has 2 heteroatoms. The molecular weight excluding hydrogens is 206 g/mol. The number of aromatic nitrogens is 1. The fourth-order valence-corrected chi connectivity index (χ4v) is 2.11. The highest BCUT2D eigenvalue weighted by atomic mass is 35.5. The molecule has 78 valence electrons. The van der Waals surface area contributed by atoms with Gasteiger partial charge in [0.25, 0.3) is 0 Å². The summed E-state index contributed by atoms with van der Waals surface area (Å²) in [6.07, 6.45) is 2.25. The van der Waals surface area contributed by atoms with E-state index in [9.17, 15) is 0 Å². The van der Waals surface area contributed by atoms with E-state index in [0.29, 0.717) is 0 Å². The largest absolute Gasteiger partial charge is 0.253 e. The Balaban J connectivity index is 2.60. The van der Waals surface area contributed by atoms with Crippen LogP contribution in [0.3, 0.4) is 0 Å². The third-order valence-corrected chi connectivity index (χ3v) is 2.80. The van der Waals surface area contributed by atoms with Gasteiger partial charge in [-0.3, -0.25) is 4.98 Å². The number of benzene rings is 1. The third-order valence-electron chi connectivity index (χ3n) is 2.49. The van der Waals surface area contributed by atoms with Gasteiger partial charge in [-0.1, -0.05) is 31.0 Å². The lowest BCUT2D eigenvalue weighted by atomic mass is 10.1. The molecule has 0 saturated heterocycles. The molecule has 1 aromatic heterocycles. The van der Waals surface area contributed by atoms with E-state index in [4.69, 9.17) is 11.6 Å². The SMILES string of the molecule is CCCc1ccc2nc(C)cc(Cl)c2c1. The van der Waals surface area contributed by atoms with Crippen molar-refractivity contribution in [3.05, 3.63) is 40.5 Å². The minimum Gasteiger partial charge on any atom is -0.253 e. The van der Waals surface area contributed by atoms with Gasteiger partial charge < -0.3 is 0 Å². The van der Waals surface area contributed by atoms with Crippen LogP contribution < -0.4 is 0 Å². The molecule has 0 radical (unpaired) electrons. The van der Waals surface area contributed by atoms with Crippen molar-refractivity contribution in [1.29, 1.82) is 0 Å². The van der Waals surface area contributed by atoms with Crippen LogP contribution in [-0.2, 0) is 6.42 Å². The molecule has 15 heavy (non-hydrogen) atoms. The standard InChI is InChI=1S/C13H14ClN/c1-3-4-10-5-6-13-11(8-10)12(14)7-9(2)15-13/h5-8H,3-4H2,1-2H3. The fourth-order valence-electron chi connectivity index (χ4n) is 1.80. The summed E-state index contributed by atoms with van der Waals surface area (Å²) in [4.78, 5) is 4.45. The number of hydrogen-bond acceptors (Lipinski definition) is 1. The van der Waals surface area contributed by atoms with Gasteiger partial charge in [0.15, 0.2) is 0 Å². The van der Waals surface area contributed by atoms with Crippen LogP contribution in [0.15, 0.2) is 24.3 Å². The van der Waals surface area contributed by atoms with Gasteiger partial charge in [0.2, 0.25) is 0 Å². The molecule has 0 aliphatic rings. The zero-order valence-corrected chi connectivity index (χ0v) is 9.80. The average molecular weight is 220 g/mol. The topological polar surface area (TPSA) is 12.9 Å². The molecule has 1 nitrogen and oxygen atoms in total. The molecule has 2 aromatic rings. The van der Waals surface area contributed by atoms with Gasteiger partial charge in [0, 0.05) is 11.1 Å². The van der Waals surface area contributed by atoms with Gasteiger partial charge in [-0.05, 0) is 37.1 Å². The summed E-state index contributed by atoms with van der Waals surface area (Å²) in [7, 11) is 0. The molecule has 0 N–H and O–H groups in total.